The zero-order valence-corrected chi connectivity index (χ0v) is 8.53. The number of hydrogen-bond acceptors (Lipinski definition) is 2. The van der Waals surface area contributed by atoms with E-state index in [0.29, 0.717) is 17.9 Å². The second-order valence-electron chi connectivity index (χ2n) is 3.05. The number of hydrogen-bond donors (Lipinski definition) is 0. The van der Waals surface area contributed by atoms with Crippen molar-refractivity contribution in [2.75, 3.05) is 5.88 Å². The molecule has 2 rings (SSSR count). The predicted octanol–water partition coefficient (Wildman–Crippen LogP) is 1.04. The lowest BCUT2D eigenvalue weighted by Crippen LogP contribution is -2.21. The Hall–Kier alpha value is -1.29. The van der Waals surface area contributed by atoms with Crippen molar-refractivity contribution in [3.63, 3.8) is 0 Å². The van der Waals surface area contributed by atoms with Crippen LogP contribution in [-0.2, 0) is 6.54 Å². The second kappa shape index (κ2) is 3.46. The van der Waals surface area contributed by atoms with E-state index in [1.54, 1.807) is 21.4 Å². The van der Waals surface area contributed by atoms with E-state index in [0.717, 1.165) is 5.82 Å². The number of halogens is 1. The number of fused-ring (bicyclic) bond motifs is 1. The van der Waals surface area contributed by atoms with Gasteiger partial charge in [-0.15, -0.1) is 11.6 Å². The summed E-state index contributed by atoms with van der Waals surface area (Å²) in [4.78, 5) is 15.8. The van der Waals surface area contributed by atoms with Crippen LogP contribution in [0.2, 0.25) is 0 Å². The van der Waals surface area contributed by atoms with Crippen LogP contribution >= 0.6 is 11.6 Å². The summed E-state index contributed by atoms with van der Waals surface area (Å²) < 4.78 is 3.36. The first-order valence-electron chi connectivity index (χ1n) is 4.33. The molecule has 2 aromatic heterocycles. The third-order valence-corrected chi connectivity index (χ3v) is 2.35. The van der Waals surface area contributed by atoms with Gasteiger partial charge in [-0.25, -0.2) is 4.98 Å². The highest BCUT2D eigenvalue weighted by atomic mass is 35.5. The van der Waals surface area contributed by atoms with E-state index >= 15 is 0 Å². The summed E-state index contributed by atoms with van der Waals surface area (Å²) >= 11 is 5.58. The van der Waals surface area contributed by atoms with Crippen LogP contribution in [0.5, 0.6) is 0 Å². The first-order valence-corrected chi connectivity index (χ1v) is 4.86. The normalized spacial score (nSPS) is 11.0. The van der Waals surface area contributed by atoms with Crippen molar-refractivity contribution in [1.29, 1.82) is 0 Å². The Morgan fingerprint density at radius 1 is 1.50 bits per heavy atom. The second-order valence-corrected chi connectivity index (χ2v) is 3.42. The van der Waals surface area contributed by atoms with Gasteiger partial charge in [-0.3, -0.25) is 9.20 Å². The molecule has 74 valence electrons. The molecule has 14 heavy (non-hydrogen) atoms. The minimum absolute atomic E-state index is 0.0475. The van der Waals surface area contributed by atoms with Crippen LogP contribution in [0.15, 0.2) is 23.4 Å². The van der Waals surface area contributed by atoms with Crippen LogP contribution in [0.3, 0.4) is 0 Å². The topological polar surface area (TPSA) is 39.3 Å². The molecule has 0 N–H and O–H groups in total. The van der Waals surface area contributed by atoms with Crippen LogP contribution < -0.4 is 5.56 Å². The van der Waals surface area contributed by atoms with E-state index in [2.05, 4.69) is 4.98 Å². The molecule has 0 amide bonds. The summed E-state index contributed by atoms with van der Waals surface area (Å²) in [6, 6.07) is 0. The molecule has 0 aliphatic rings. The maximum absolute atomic E-state index is 11.8. The fraction of sp³-hybridized carbons (Fsp3) is 0.333. The van der Waals surface area contributed by atoms with E-state index in [-0.39, 0.29) is 5.56 Å². The number of imidazole rings is 1. The Balaban J connectivity index is 2.70. The summed E-state index contributed by atoms with van der Waals surface area (Å²) in [6.45, 7) is 2.39. The monoisotopic (exact) mass is 211 g/mol. The van der Waals surface area contributed by atoms with Gasteiger partial charge >= 0.3 is 0 Å². The van der Waals surface area contributed by atoms with Crippen molar-refractivity contribution in [3.05, 3.63) is 34.8 Å². The third kappa shape index (κ3) is 1.32. The molecular weight excluding hydrogens is 202 g/mol. The fourth-order valence-corrected chi connectivity index (χ4v) is 1.61. The molecule has 0 aromatic carbocycles. The molecule has 0 saturated carbocycles. The van der Waals surface area contributed by atoms with Crippen LogP contribution in [0.25, 0.3) is 5.52 Å². The minimum atomic E-state index is -0.0475. The first-order chi connectivity index (χ1) is 6.74. The average Bonchev–Trinajstić information content (AvgIpc) is 2.54. The molecule has 0 spiro atoms. The standard InChI is InChI=1S/C9H10ClN3O/c1-7-11-6-8-9(14)12(3-2-10)4-5-13(7)8/h4-6H,2-3H2,1H3. The van der Waals surface area contributed by atoms with Gasteiger partial charge in [-0.2, -0.15) is 0 Å². The van der Waals surface area contributed by atoms with E-state index in [9.17, 15) is 4.79 Å². The Morgan fingerprint density at radius 3 is 3.00 bits per heavy atom. The zero-order chi connectivity index (χ0) is 10.1. The lowest BCUT2D eigenvalue weighted by Gasteiger charge is -2.03. The lowest BCUT2D eigenvalue weighted by molar-refractivity contribution is 0.725. The van der Waals surface area contributed by atoms with Crippen LogP contribution in [0.1, 0.15) is 5.82 Å². The van der Waals surface area contributed by atoms with Crippen molar-refractivity contribution in [2.24, 2.45) is 0 Å². The van der Waals surface area contributed by atoms with Gasteiger partial charge in [0.25, 0.3) is 5.56 Å². The maximum atomic E-state index is 11.8. The molecule has 2 heterocycles. The van der Waals surface area contributed by atoms with E-state index < -0.39 is 0 Å². The summed E-state index contributed by atoms with van der Waals surface area (Å²) in [5.41, 5.74) is 0.545. The Morgan fingerprint density at radius 2 is 2.29 bits per heavy atom. The Labute approximate surface area is 85.8 Å². The molecule has 0 unspecified atom stereocenters. The van der Waals surface area contributed by atoms with Gasteiger partial charge in [0.15, 0.2) is 0 Å². The number of rotatable bonds is 2. The van der Waals surface area contributed by atoms with Gasteiger partial charge in [0.1, 0.15) is 11.3 Å². The molecule has 5 heteroatoms. The van der Waals surface area contributed by atoms with Gasteiger partial charge in [-0.05, 0) is 6.92 Å². The smallest absolute Gasteiger partial charge is 0.276 e. The summed E-state index contributed by atoms with van der Waals surface area (Å²) in [6.07, 6.45) is 5.14. The van der Waals surface area contributed by atoms with Gasteiger partial charge in [0.05, 0.1) is 6.20 Å². The Bertz CT molecular complexity index is 514. The van der Waals surface area contributed by atoms with Crippen molar-refractivity contribution in [3.8, 4) is 0 Å². The van der Waals surface area contributed by atoms with Crippen molar-refractivity contribution >= 4 is 17.1 Å². The predicted molar refractivity (Wildman–Crippen MR) is 54.9 cm³/mol. The Kier molecular flexibility index (Phi) is 2.29. The molecule has 0 saturated heterocycles. The molecule has 0 bridgehead atoms. The van der Waals surface area contributed by atoms with Gasteiger partial charge < -0.3 is 4.57 Å². The van der Waals surface area contributed by atoms with Gasteiger partial charge in [0, 0.05) is 24.8 Å². The molecule has 0 atom stereocenters. The molecule has 0 aliphatic heterocycles. The molecular formula is C9H10ClN3O. The lowest BCUT2D eigenvalue weighted by atomic mass is 10.5. The quantitative estimate of drug-likeness (QED) is 0.697. The summed E-state index contributed by atoms with van der Waals surface area (Å²) in [5.74, 6) is 1.25. The maximum Gasteiger partial charge on any atom is 0.276 e. The molecule has 4 nitrogen and oxygen atoms in total. The van der Waals surface area contributed by atoms with Crippen LogP contribution in [0.4, 0.5) is 0 Å². The van der Waals surface area contributed by atoms with Crippen LogP contribution in [-0.4, -0.2) is 19.8 Å². The van der Waals surface area contributed by atoms with Crippen molar-refractivity contribution < 1.29 is 0 Å². The summed E-state index contributed by atoms with van der Waals surface area (Å²) in [5, 5.41) is 0. The average molecular weight is 212 g/mol. The molecule has 0 fully saturated rings. The van der Waals surface area contributed by atoms with E-state index in [1.807, 2.05) is 13.1 Å². The highest BCUT2D eigenvalue weighted by Crippen LogP contribution is 2.00. The first kappa shape index (κ1) is 9.27. The third-order valence-electron chi connectivity index (χ3n) is 2.18. The van der Waals surface area contributed by atoms with E-state index in [4.69, 9.17) is 11.6 Å². The molecule has 0 radical (unpaired) electrons. The number of nitrogens with zero attached hydrogens (tertiary/aromatic N) is 3. The SMILES string of the molecule is Cc1ncc2c(=O)n(CCCl)ccn12. The fourth-order valence-electron chi connectivity index (χ4n) is 1.43. The number of aryl methyl sites for hydroxylation is 2. The molecule has 2 aromatic rings. The molecule has 0 aliphatic carbocycles. The van der Waals surface area contributed by atoms with Gasteiger partial charge in [-0.1, -0.05) is 0 Å². The highest BCUT2D eigenvalue weighted by Gasteiger charge is 2.04. The van der Waals surface area contributed by atoms with Crippen molar-refractivity contribution in [2.45, 2.75) is 13.5 Å². The number of alkyl halides is 1. The summed E-state index contributed by atoms with van der Waals surface area (Å²) in [7, 11) is 0. The van der Waals surface area contributed by atoms with E-state index in [1.165, 1.54) is 0 Å². The minimum Gasteiger partial charge on any atom is -0.311 e. The van der Waals surface area contributed by atoms with Crippen molar-refractivity contribution in [1.82, 2.24) is 14.0 Å². The largest absolute Gasteiger partial charge is 0.311 e. The highest BCUT2D eigenvalue weighted by molar-refractivity contribution is 6.17. The zero-order valence-electron chi connectivity index (χ0n) is 7.77. The van der Waals surface area contributed by atoms with Gasteiger partial charge in [0.2, 0.25) is 0 Å². The van der Waals surface area contributed by atoms with Crippen LogP contribution in [0, 0.1) is 6.92 Å². The number of aromatic nitrogens is 3.